The summed E-state index contributed by atoms with van der Waals surface area (Å²) < 4.78 is 28.7. The molecule has 0 heterocycles. The highest BCUT2D eigenvalue weighted by Gasteiger charge is 2.26. The number of nitrogens with zero attached hydrogens (tertiary/aromatic N) is 1. The van der Waals surface area contributed by atoms with Gasteiger partial charge in [0.1, 0.15) is 11.5 Å². The largest absolute Gasteiger partial charge is 0.435 e. The Kier molecular flexibility index (Phi) is 4.88. The molecule has 0 atom stereocenters. The van der Waals surface area contributed by atoms with Gasteiger partial charge < -0.3 is 9.64 Å². The van der Waals surface area contributed by atoms with Crippen molar-refractivity contribution in [3.63, 3.8) is 0 Å². The van der Waals surface area contributed by atoms with Crippen LogP contribution in [0.15, 0.2) is 24.3 Å². The second-order valence-electron chi connectivity index (χ2n) is 5.09. The van der Waals surface area contributed by atoms with E-state index < -0.39 is 6.61 Å². The van der Waals surface area contributed by atoms with Crippen LogP contribution in [0, 0.1) is 0 Å². The number of alkyl halides is 2. The van der Waals surface area contributed by atoms with Crippen LogP contribution >= 0.6 is 0 Å². The topological polar surface area (TPSA) is 46.6 Å². The fourth-order valence-electron chi connectivity index (χ4n) is 2.49. The van der Waals surface area contributed by atoms with E-state index in [9.17, 15) is 18.4 Å². The van der Waals surface area contributed by atoms with E-state index in [0.29, 0.717) is 31.2 Å². The molecule has 0 bridgehead atoms. The Morgan fingerprint density at radius 3 is 2.62 bits per heavy atom. The molecular weight excluding hydrogens is 280 g/mol. The summed E-state index contributed by atoms with van der Waals surface area (Å²) in [7, 11) is 1.67. The zero-order chi connectivity index (χ0) is 15.4. The quantitative estimate of drug-likeness (QED) is 0.858. The zero-order valence-corrected chi connectivity index (χ0v) is 11.7. The van der Waals surface area contributed by atoms with Crippen LogP contribution in [0.2, 0.25) is 0 Å². The van der Waals surface area contributed by atoms with Crippen LogP contribution in [0.4, 0.5) is 8.78 Å². The Morgan fingerprint density at radius 1 is 1.33 bits per heavy atom. The number of carbonyl (C=O) groups is 2. The van der Waals surface area contributed by atoms with E-state index in [4.69, 9.17) is 0 Å². The molecule has 21 heavy (non-hydrogen) atoms. The van der Waals surface area contributed by atoms with E-state index >= 15 is 0 Å². The molecule has 0 saturated heterocycles. The van der Waals surface area contributed by atoms with Crippen LogP contribution < -0.4 is 4.74 Å². The molecule has 1 aliphatic carbocycles. The number of ether oxygens (including phenoxy) is 1. The van der Waals surface area contributed by atoms with Crippen molar-refractivity contribution in [1.82, 2.24) is 4.90 Å². The van der Waals surface area contributed by atoms with Gasteiger partial charge in [-0.1, -0.05) is 6.07 Å². The van der Waals surface area contributed by atoms with Crippen molar-refractivity contribution in [2.24, 2.45) is 0 Å². The van der Waals surface area contributed by atoms with Crippen LogP contribution in [-0.2, 0) is 4.79 Å². The third-order valence-electron chi connectivity index (χ3n) is 3.69. The van der Waals surface area contributed by atoms with E-state index in [0.717, 1.165) is 0 Å². The van der Waals surface area contributed by atoms with Gasteiger partial charge in [-0.05, 0) is 31.0 Å². The summed E-state index contributed by atoms with van der Waals surface area (Å²) in [6.45, 7) is -2.92. The molecule has 0 aliphatic heterocycles. The number of hydrogen-bond acceptors (Lipinski definition) is 3. The average molecular weight is 297 g/mol. The third-order valence-corrected chi connectivity index (χ3v) is 3.69. The molecule has 1 saturated carbocycles. The Balaban J connectivity index is 2.06. The van der Waals surface area contributed by atoms with Gasteiger partial charge in [0, 0.05) is 31.5 Å². The number of benzene rings is 1. The van der Waals surface area contributed by atoms with E-state index in [1.807, 2.05) is 0 Å². The zero-order valence-electron chi connectivity index (χ0n) is 11.7. The number of Topliss-reactive ketones (excluding diaryl/α,β-unsaturated/α-hetero) is 1. The van der Waals surface area contributed by atoms with Crippen molar-refractivity contribution >= 4 is 11.7 Å². The Morgan fingerprint density at radius 2 is 2.00 bits per heavy atom. The van der Waals surface area contributed by atoms with Gasteiger partial charge in [-0.3, -0.25) is 9.59 Å². The molecule has 1 fully saturated rings. The van der Waals surface area contributed by atoms with Crippen molar-refractivity contribution in [3.05, 3.63) is 29.8 Å². The molecule has 114 valence electrons. The molecule has 1 aliphatic rings. The Labute approximate surface area is 121 Å². The third kappa shape index (κ3) is 4.00. The maximum Gasteiger partial charge on any atom is 0.387 e. The molecule has 0 unspecified atom stereocenters. The van der Waals surface area contributed by atoms with E-state index in [-0.39, 0.29) is 23.5 Å². The summed E-state index contributed by atoms with van der Waals surface area (Å²) in [5.74, 6) is -0.0726. The minimum absolute atomic E-state index is 0.00914. The van der Waals surface area contributed by atoms with Crippen molar-refractivity contribution in [1.29, 1.82) is 0 Å². The molecule has 0 spiro atoms. The molecule has 0 N–H and O–H groups in total. The minimum Gasteiger partial charge on any atom is -0.435 e. The number of carbonyl (C=O) groups excluding carboxylic acids is 2. The normalized spacial score (nSPS) is 16.1. The molecule has 1 aromatic rings. The van der Waals surface area contributed by atoms with Crippen molar-refractivity contribution in [3.8, 4) is 5.75 Å². The molecule has 2 rings (SSSR count). The van der Waals surface area contributed by atoms with Gasteiger partial charge >= 0.3 is 6.61 Å². The van der Waals surface area contributed by atoms with Gasteiger partial charge in [0.05, 0.1) is 0 Å². The lowest BCUT2D eigenvalue weighted by Crippen LogP contribution is -2.39. The minimum atomic E-state index is -2.92. The van der Waals surface area contributed by atoms with Crippen LogP contribution in [0.1, 0.15) is 36.0 Å². The summed E-state index contributed by atoms with van der Waals surface area (Å²) in [5, 5.41) is 0. The van der Waals surface area contributed by atoms with E-state index in [1.54, 1.807) is 18.0 Å². The van der Waals surface area contributed by atoms with Crippen LogP contribution in [0.3, 0.4) is 0 Å². The first-order valence-electron chi connectivity index (χ1n) is 6.81. The fourth-order valence-corrected chi connectivity index (χ4v) is 2.49. The second-order valence-corrected chi connectivity index (χ2v) is 5.09. The van der Waals surface area contributed by atoms with Crippen molar-refractivity contribution in [2.75, 3.05) is 7.05 Å². The summed E-state index contributed by atoms with van der Waals surface area (Å²) in [4.78, 5) is 25.2. The Hall–Kier alpha value is -1.98. The Bertz CT molecular complexity index is 523. The van der Waals surface area contributed by atoms with E-state index in [2.05, 4.69) is 4.74 Å². The molecule has 6 heteroatoms. The number of halogens is 2. The van der Waals surface area contributed by atoms with E-state index in [1.165, 1.54) is 18.2 Å². The summed E-state index contributed by atoms with van der Waals surface area (Å²) in [6.07, 6.45) is 2.26. The van der Waals surface area contributed by atoms with Gasteiger partial charge in [0.2, 0.25) is 0 Å². The molecule has 1 aromatic carbocycles. The summed E-state index contributed by atoms with van der Waals surface area (Å²) in [6, 6.07) is 5.75. The van der Waals surface area contributed by atoms with Gasteiger partial charge in [-0.15, -0.1) is 0 Å². The molecule has 0 aromatic heterocycles. The van der Waals surface area contributed by atoms with Gasteiger partial charge in [0.15, 0.2) is 0 Å². The van der Waals surface area contributed by atoms with Gasteiger partial charge in [-0.25, -0.2) is 0 Å². The van der Waals surface area contributed by atoms with Gasteiger partial charge in [-0.2, -0.15) is 8.78 Å². The number of ketones is 1. The summed E-state index contributed by atoms with van der Waals surface area (Å²) in [5.41, 5.74) is 0.299. The SMILES string of the molecule is CN(C(=O)c1cccc(OC(F)F)c1)C1CCC(=O)CC1. The lowest BCUT2D eigenvalue weighted by atomic mass is 9.93. The maximum atomic E-state index is 12.4. The highest BCUT2D eigenvalue weighted by atomic mass is 19.3. The number of amides is 1. The van der Waals surface area contributed by atoms with Crippen LogP contribution in [0.5, 0.6) is 5.75 Å². The molecule has 4 nitrogen and oxygen atoms in total. The first-order valence-corrected chi connectivity index (χ1v) is 6.81. The lowest BCUT2D eigenvalue weighted by molar-refractivity contribution is -0.121. The first kappa shape index (κ1) is 15.4. The van der Waals surface area contributed by atoms with Crippen molar-refractivity contribution < 1.29 is 23.1 Å². The van der Waals surface area contributed by atoms with Gasteiger partial charge in [0.25, 0.3) is 5.91 Å². The average Bonchev–Trinajstić information content (AvgIpc) is 2.46. The smallest absolute Gasteiger partial charge is 0.387 e. The monoisotopic (exact) mass is 297 g/mol. The predicted octanol–water partition coefficient (Wildman–Crippen LogP) is 2.87. The van der Waals surface area contributed by atoms with Crippen LogP contribution in [-0.4, -0.2) is 36.3 Å². The maximum absolute atomic E-state index is 12.4. The van der Waals surface area contributed by atoms with Crippen LogP contribution in [0.25, 0.3) is 0 Å². The second kappa shape index (κ2) is 6.65. The molecular formula is C15H17F2NO3. The summed E-state index contributed by atoms with van der Waals surface area (Å²) >= 11 is 0. The molecule has 1 amide bonds. The first-order chi connectivity index (χ1) is 9.97. The lowest BCUT2D eigenvalue weighted by Gasteiger charge is -2.30. The number of hydrogen-bond donors (Lipinski definition) is 0. The predicted molar refractivity (Wildman–Crippen MR) is 72.4 cm³/mol. The molecule has 0 radical (unpaired) electrons. The van der Waals surface area contributed by atoms with Crippen molar-refractivity contribution in [2.45, 2.75) is 38.3 Å². The fraction of sp³-hybridized carbons (Fsp3) is 0.467. The highest BCUT2D eigenvalue weighted by molar-refractivity contribution is 5.94. The highest BCUT2D eigenvalue weighted by Crippen LogP contribution is 2.22. The number of rotatable bonds is 4. The standard InChI is InChI=1S/C15H17F2NO3/c1-18(11-5-7-12(19)8-6-11)14(20)10-3-2-4-13(9-10)21-15(16)17/h2-4,9,11,15H,5-8H2,1H3.